The van der Waals surface area contributed by atoms with E-state index < -0.39 is 44.0 Å². The molecule has 0 atom stereocenters. The van der Waals surface area contributed by atoms with E-state index in [4.69, 9.17) is 15.7 Å². The lowest BCUT2D eigenvalue weighted by Gasteiger charge is -2.15. The summed E-state index contributed by atoms with van der Waals surface area (Å²) in [5, 5.41) is 13.1. The number of carbonyl (C=O) groups is 1. The predicted octanol–water partition coefficient (Wildman–Crippen LogP) is 4.93. The van der Waals surface area contributed by atoms with Crippen molar-refractivity contribution in [1.82, 2.24) is 9.88 Å². The first-order chi connectivity index (χ1) is 18.9. The number of aromatic nitrogens is 1. The number of carbonyl (C=O) groups excluding carboxylic acids is 1. The molecule has 33 heavy (non-hydrogen) atoms. The third kappa shape index (κ3) is 5.93. The van der Waals surface area contributed by atoms with Crippen molar-refractivity contribution in [3.05, 3.63) is 71.2 Å². The predicted molar refractivity (Wildman–Crippen MR) is 128 cm³/mol. The molecule has 0 radical (unpaired) electrons. The van der Waals surface area contributed by atoms with Gasteiger partial charge >= 0.3 is 0 Å². The Labute approximate surface area is 204 Å². The first-order valence-electron chi connectivity index (χ1n) is 13.8. The van der Waals surface area contributed by atoms with Crippen LogP contribution in [0.3, 0.4) is 0 Å². The Morgan fingerprint density at radius 2 is 2.24 bits per heavy atom. The number of benzene rings is 2. The number of rotatable bonds is 9. The van der Waals surface area contributed by atoms with Gasteiger partial charge in [-0.1, -0.05) is 6.05 Å². The number of hydrogen-bond donors (Lipinski definition) is 1. The fraction of sp³-hybridized carbons (Fsp3) is 0.269. The van der Waals surface area contributed by atoms with Crippen molar-refractivity contribution < 1.29 is 24.9 Å². The number of pyridine rings is 1. The number of halogens is 1. The average molecular weight is 455 g/mol. The summed E-state index contributed by atoms with van der Waals surface area (Å²) in [5.74, 6) is -1.49. The van der Waals surface area contributed by atoms with Gasteiger partial charge < -0.3 is 15.0 Å². The summed E-state index contributed by atoms with van der Waals surface area (Å²) in [5.41, 5.74) is 1.28. The van der Waals surface area contributed by atoms with Crippen molar-refractivity contribution in [1.29, 1.82) is 5.26 Å². The van der Waals surface area contributed by atoms with Crippen LogP contribution in [0, 0.1) is 24.1 Å². The van der Waals surface area contributed by atoms with E-state index >= 15 is 0 Å². The minimum Gasteiger partial charge on any atom is -0.494 e. The smallest absolute Gasteiger partial charge is 0.159 e. The molecule has 0 saturated carbocycles. The number of nitriles is 1. The summed E-state index contributed by atoms with van der Waals surface area (Å²) in [6, 6.07) is 8.22. The van der Waals surface area contributed by atoms with E-state index in [2.05, 4.69) is 10.3 Å². The molecule has 2 aromatic carbocycles. The molecule has 1 N–H and O–H groups in total. The molecular weight excluding hydrogens is 419 g/mol. The number of ether oxygens (including phenoxy) is 1. The summed E-state index contributed by atoms with van der Waals surface area (Å²) in [7, 11) is 2.80. The van der Waals surface area contributed by atoms with Crippen LogP contribution in [-0.4, -0.2) is 42.8 Å². The summed E-state index contributed by atoms with van der Waals surface area (Å²) in [4.78, 5) is 18.3. The molecule has 6 nitrogen and oxygen atoms in total. The third-order valence-electron chi connectivity index (χ3n) is 4.64. The lowest BCUT2D eigenvalue weighted by atomic mass is 10.0. The summed E-state index contributed by atoms with van der Waals surface area (Å²) in [6.45, 7) is -7.04. The Bertz CT molecular complexity index is 1570. The molecule has 0 saturated heterocycles. The highest BCUT2D eigenvalue weighted by atomic mass is 19.1. The van der Waals surface area contributed by atoms with Crippen molar-refractivity contribution in [2.45, 2.75) is 20.2 Å². The maximum absolute atomic E-state index is 13.8. The quantitative estimate of drug-likeness (QED) is 0.462. The first kappa shape index (κ1) is 15.1. The van der Waals surface area contributed by atoms with E-state index in [-0.39, 0.29) is 33.5 Å². The van der Waals surface area contributed by atoms with Gasteiger partial charge in [0.2, 0.25) is 0 Å². The van der Waals surface area contributed by atoms with E-state index in [0.717, 1.165) is 11.0 Å². The van der Waals surface area contributed by atoms with Gasteiger partial charge in [-0.2, -0.15) is 5.26 Å². The second-order valence-corrected chi connectivity index (χ2v) is 7.37. The summed E-state index contributed by atoms with van der Waals surface area (Å²) in [6.07, 6.45) is 1.50. The monoisotopic (exact) mass is 454 g/mol. The van der Waals surface area contributed by atoms with Gasteiger partial charge in [-0.15, -0.1) is 0 Å². The topological polar surface area (TPSA) is 78.2 Å². The number of ketones is 1. The van der Waals surface area contributed by atoms with Gasteiger partial charge in [0.25, 0.3) is 0 Å². The molecule has 0 aliphatic rings. The Balaban J connectivity index is 2.21. The zero-order valence-electron chi connectivity index (χ0n) is 26.3. The van der Waals surface area contributed by atoms with Gasteiger partial charge in [0.1, 0.15) is 17.6 Å². The summed E-state index contributed by atoms with van der Waals surface area (Å²) >= 11 is 0. The minimum absolute atomic E-state index is 0.000292. The third-order valence-corrected chi connectivity index (χ3v) is 4.64. The number of anilines is 2. The Hall–Kier alpha value is -3.76. The van der Waals surface area contributed by atoms with Crippen LogP contribution in [0.2, 0.25) is 0 Å². The number of allylic oxidation sites excluding steroid dienone is 1. The molecule has 1 heterocycles. The van der Waals surface area contributed by atoms with E-state index in [0.29, 0.717) is 11.3 Å². The molecule has 3 rings (SSSR count). The molecule has 0 bridgehead atoms. The van der Waals surface area contributed by atoms with Gasteiger partial charge in [0.15, 0.2) is 5.78 Å². The first-order valence-corrected chi connectivity index (χ1v) is 9.84. The molecular formula is C26H27FN4O2. The van der Waals surface area contributed by atoms with Crippen molar-refractivity contribution in [3.63, 3.8) is 0 Å². The van der Waals surface area contributed by atoms with E-state index in [9.17, 15) is 14.4 Å². The molecule has 1 aromatic heterocycles. The Morgan fingerprint density at radius 1 is 1.42 bits per heavy atom. The maximum atomic E-state index is 13.8. The van der Waals surface area contributed by atoms with Crippen LogP contribution >= 0.6 is 0 Å². The fourth-order valence-corrected chi connectivity index (χ4v) is 3.12. The second kappa shape index (κ2) is 10.7. The number of aryl methyl sites for hydroxylation is 1. The molecule has 7 heteroatoms. The van der Waals surface area contributed by atoms with Crippen molar-refractivity contribution in [2.24, 2.45) is 0 Å². The minimum atomic E-state index is -3.19. The van der Waals surface area contributed by atoms with Crippen LogP contribution in [-0.2, 0) is 11.2 Å². The van der Waals surface area contributed by atoms with Gasteiger partial charge in [-0.3, -0.25) is 9.78 Å². The van der Waals surface area contributed by atoms with Crippen LogP contribution < -0.4 is 10.1 Å². The molecule has 0 aliphatic carbocycles. The molecule has 0 amide bonds. The zero-order chi connectivity index (χ0) is 30.9. The van der Waals surface area contributed by atoms with Crippen LogP contribution in [0.15, 0.2) is 48.7 Å². The highest BCUT2D eigenvalue weighted by molar-refractivity contribution is 5.98. The van der Waals surface area contributed by atoms with Crippen molar-refractivity contribution in [2.75, 3.05) is 32.5 Å². The molecule has 170 valence electrons. The van der Waals surface area contributed by atoms with Gasteiger partial charge in [0.05, 0.1) is 27.4 Å². The van der Waals surface area contributed by atoms with Crippen LogP contribution in [0.4, 0.5) is 15.8 Å². The lowest BCUT2D eigenvalue weighted by Crippen LogP contribution is -2.11. The van der Waals surface area contributed by atoms with Crippen molar-refractivity contribution in [3.8, 4) is 11.8 Å². The van der Waals surface area contributed by atoms with E-state index in [1.165, 1.54) is 50.6 Å². The van der Waals surface area contributed by atoms with Crippen molar-refractivity contribution >= 4 is 28.1 Å². The number of likely N-dealkylation sites (N-methyl/N-ethyl adjacent to an activating group) is 1. The molecule has 0 fully saturated rings. The highest BCUT2D eigenvalue weighted by Crippen LogP contribution is 2.34. The SMILES string of the molecule is [2H]/C(=C\C(=O)Cc1cc2c(Nc3ccc(F)c(C)c3)c(C#N)cnc2cc1OC([2H])([2H])C([2H])([2H])[2H])C([2H])([2H])N(C)C. The van der Waals surface area contributed by atoms with Crippen LogP contribution in [0.1, 0.15) is 34.5 Å². The van der Waals surface area contributed by atoms with E-state index in [1.54, 1.807) is 6.92 Å². The number of hydrogen-bond acceptors (Lipinski definition) is 6. The van der Waals surface area contributed by atoms with Gasteiger partial charge in [-0.05, 0) is 63.8 Å². The van der Waals surface area contributed by atoms with Gasteiger partial charge in [0, 0.05) is 48.7 Å². The lowest BCUT2D eigenvalue weighted by molar-refractivity contribution is -0.114. The van der Waals surface area contributed by atoms with Crippen LogP contribution in [0.5, 0.6) is 5.75 Å². The Morgan fingerprint density at radius 3 is 2.94 bits per heavy atom. The fourth-order valence-electron chi connectivity index (χ4n) is 3.12. The number of nitrogens with one attached hydrogen (secondary N) is 1. The standard InChI is InChI=1S/C26H27FN4O2/c1-5-33-25-14-24-22(13-18(25)12-21(32)7-6-10-31(3)4)26(19(15-28)16-29-24)30-20-8-9-23(27)17(2)11-20/h6-9,11,13-14,16H,5,10,12H2,1-4H3,(H,29,30)/b7-6+/i1D3,5D2,6D,10D2. The molecule has 3 aromatic rings. The zero-order valence-corrected chi connectivity index (χ0v) is 18.3. The highest BCUT2D eigenvalue weighted by Gasteiger charge is 2.16. The summed E-state index contributed by atoms with van der Waals surface area (Å²) < 4.78 is 81.5. The maximum Gasteiger partial charge on any atom is 0.159 e. The molecule has 0 spiro atoms. The second-order valence-electron chi connectivity index (χ2n) is 7.37. The Kier molecular flexibility index (Phi) is 4.91. The molecule has 0 unspecified atom stereocenters. The number of nitrogens with zero attached hydrogens (tertiary/aromatic N) is 3. The van der Waals surface area contributed by atoms with Gasteiger partial charge in [-0.25, -0.2) is 4.39 Å². The largest absolute Gasteiger partial charge is 0.494 e. The number of fused-ring (bicyclic) bond motifs is 1. The average Bonchev–Trinajstić information content (AvgIpc) is 2.85. The molecule has 0 aliphatic heterocycles. The normalized spacial score (nSPS) is 16.3. The van der Waals surface area contributed by atoms with E-state index in [1.807, 2.05) is 6.07 Å². The van der Waals surface area contributed by atoms with Crippen LogP contribution in [0.25, 0.3) is 10.9 Å².